The summed E-state index contributed by atoms with van der Waals surface area (Å²) in [5.41, 5.74) is -0.214. The first kappa shape index (κ1) is 25.2. The van der Waals surface area contributed by atoms with Crippen molar-refractivity contribution in [2.24, 2.45) is 10.8 Å². The second-order valence-corrected chi connectivity index (χ2v) is 9.91. The molecule has 0 radical (unpaired) electrons. The van der Waals surface area contributed by atoms with E-state index in [4.69, 9.17) is 34.8 Å². The van der Waals surface area contributed by atoms with Gasteiger partial charge in [-0.15, -0.1) is 11.6 Å². The van der Waals surface area contributed by atoms with E-state index in [9.17, 15) is 9.59 Å². The van der Waals surface area contributed by atoms with E-state index in [1.165, 1.54) is 38.5 Å². The average molecular weight is 414 g/mol. The largest absolute Gasteiger partial charge is 0.281 e. The maximum Gasteiger partial charge on any atom is 0.240 e. The molecule has 0 aliphatic carbocycles. The van der Waals surface area contributed by atoms with Crippen molar-refractivity contribution < 1.29 is 9.59 Å². The summed E-state index contributed by atoms with van der Waals surface area (Å²) in [4.78, 5) is 22.2. The lowest BCUT2D eigenvalue weighted by Crippen LogP contribution is -2.29. The van der Waals surface area contributed by atoms with Crippen LogP contribution in [0.4, 0.5) is 0 Å². The third-order valence-electron chi connectivity index (χ3n) is 4.93. The third-order valence-corrected chi connectivity index (χ3v) is 6.18. The molecule has 0 aromatic rings. The fourth-order valence-electron chi connectivity index (χ4n) is 3.14. The van der Waals surface area contributed by atoms with E-state index in [-0.39, 0.29) is 16.1 Å². The van der Waals surface area contributed by atoms with Gasteiger partial charge in [-0.1, -0.05) is 79.1 Å². The predicted molar refractivity (Wildman–Crippen MR) is 110 cm³/mol. The topological polar surface area (TPSA) is 34.1 Å². The summed E-state index contributed by atoms with van der Waals surface area (Å²) in [6.07, 6.45) is 12.1. The number of hydrogen-bond acceptors (Lipinski definition) is 2. The number of carbonyl (C=O) groups is 2. The van der Waals surface area contributed by atoms with Gasteiger partial charge in [-0.05, 0) is 46.9 Å². The van der Waals surface area contributed by atoms with Crippen LogP contribution in [0.1, 0.15) is 98.3 Å². The molecule has 0 aromatic carbocycles. The van der Waals surface area contributed by atoms with Crippen molar-refractivity contribution in [3.63, 3.8) is 0 Å². The SMILES string of the molecule is CC(C)(CCCCCCCCCCC(C)(C)C(Cl)C(=O)Cl)CC(=O)Cl. The Kier molecular flexibility index (Phi) is 12.7. The monoisotopic (exact) mass is 412 g/mol. The summed E-state index contributed by atoms with van der Waals surface area (Å²) in [5, 5.41) is -1.29. The summed E-state index contributed by atoms with van der Waals surface area (Å²) < 4.78 is 0. The van der Waals surface area contributed by atoms with Gasteiger partial charge in [0.25, 0.3) is 0 Å². The zero-order valence-electron chi connectivity index (χ0n) is 16.3. The van der Waals surface area contributed by atoms with Gasteiger partial charge in [0.15, 0.2) is 0 Å². The van der Waals surface area contributed by atoms with Gasteiger partial charge in [-0.2, -0.15) is 0 Å². The Morgan fingerprint density at radius 1 is 0.760 bits per heavy atom. The molecule has 0 aromatic heterocycles. The zero-order valence-corrected chi connectivity index (χ0v) is 18.6. The third kappa shape index (κ3) is 13.1. The van der Waals surface area contributed by atoms with E-state index < -0.39 is 10.6 Å². The lowest BCUT2D eigenvalue weighted by molar-refractivity contribution is -0.114. The molecule has 25 heavy (non-hydrogen) atoms. The zero-order chi connectivity index (χ0) is 19.5. The molecule has 0 heterocycles. The van der Waals surface area contributed by atoms with E-state index >= 15 is 0 Å². The first-order valence-electron chi connectivity index (χ1n) is 9.50. The highest BCUT2D eigenvalue weighted by Gasteiger charge is 2.31. The fraction of sp³-hybridized carbons (Fsp3) is 0.900. The van der Waals surface area contributed by atoms with Gasteiger partial charge in [0.2, 0.25) is 10.5 Å². The number of halogens is 3. The van der Waals surface area contributed by atoms with Gasteiger partial charge in [0.1, 0.15) is 5.38 Å². The molecule has 5 heteroatoms. The molecule has 1 unspecified atom stereocenters. The number of unbranched alkanes of at least 4 members (excludes halogenated alkanes) is 7. The van der Waals surface area contributed by atoms with Gasteiger partial charge in [0.05, 0.1) is 0 Å². The molecule has 0 fully saturated rings. The summed E-state index contributed by atoms with van der Waals surface area (Å²) in [6.45, 7) is 8.23. The normalized spacial score (nSPS) is 13.7. The molecule has 0 saturated carbocycles. The highest BCUT2D eigenvalue weighted by Crippen LogP contribution is 2.33. The Hall–Kier alpha value is 0.210. The molecule has 148 valence electrons. The number of rotatable bonds is 15. The molecule has 0 amide bonds. The Morgan fingerprint density at radius 2 is 1.16 bits per heavy atom. The molecule has 0 rings (SSSR count). The minimum absolute atomic E-state index is 0.0241. The van der Waals surface area contributed by atoms with Crippen LogP contribution in [0.15, 0.2) is 0 Å². The van der Waals surface area contributed by atoms with E-state index in [0.29, 0.717) is 6.42 Å². The van der Waals surface area contributed by atoms with E-state index in [0.717, 1.165) is 25.7 Å². The molecular formula is C20H35Cl3O2. The fourth-order valence-corrected chi connectivity index (χ4v) is 3.91. The Bertz CT molecular complexity index is 406. The van der Waals surface area contributed by atoms with Gasteiger partial charge in [-0.3, -0.25) is 9.59 Å². The summed E-state index contributed by atoms with van der Waals surface area (Å²) in [5.74, 6) is 0. The Labute approximate surface area is 169 Å². The van der Waals surface area contributed by atoms with Crippen LogP contribution in [0, 0.1) is 10.8 Å². The second-order valence-electron chi connectivity index (χ2n) is 8.68. The molecule has 0 bridgehead atoms. The smallest absolute Gasteiger partial charge is 0.240 e. The summed E-state index contributed by atoms with van der Waals surface area (Å²) in [7, 11) is 0. The first-order valence-corrected chi connectivity index (χ1v) is 10.7. The van der Waals surface area contributed by atoms with Gasteiger partial charge >= 0.3 is 0 Å². The molecule has 0 spiro atoms. The van der Waals surface area contributed by atoms with Crippen LogP contribution in [0.3, 0.4) is 0 Å². The second kappa shape index (κ2) is 12.6. The van der Waals surface area contributed by atoms with Crippen molar-refractivity contribution in [2.75, 3.05) is 0 Å². The van der Waals surface area contributed by atoms with Crippen LogP contribution < -0.4 is 0 Å². The van der Waals surface area contributed by atoms with Crippen LogP contribution in [0.5, 0.6) is 0 Å². The van der Waals surface area contributed by atoms with E-state index in [1.54, 1.807) is 0 Å². The average Bonchev–Trinajstić information content (AvgIpc) is 2.46. The van der Waals surface area contributed by atoms with Crippen LogP contribution in [-0.4, -0.2) is 15.9 Å². The minimum atomic E-state index is -0.604. The Balaban J connectivity index is 3.60. The van der Waals surface area contributed by atoms with Gasteiger partial charge < -0.3 is 0 Å². The van der Waals surface area contributed by atoms with Crippen molar-refractivity contribution in [2.45, 2.75) is 104 Å². The first-order chi connectivity index (χ1) is 11.5. The summed E-state index contributed by atoms with van der Waals surface area (Å²) >= 11 is 17.0. The number of hydrogen-bond donors (Lipinski definition) is 0. The van der Waals surface area contributed by atoms with Crippen molar-refractivity contribution in [1.82, 2.24) is 0 Å². The molecule has 2 nitrogen and oxygen atoms in total. The maximum atomic E-state index is 11.2. The molecule has 0 N–H and O–H groups in total. The quantitative estimate of drug-likeness (QED) is 0.158. The van der Waals surface area contributed by atoms with Crippen molar-refractivity contribution in [1.29, 1.82) is 0 Å². The van der Waals surface area contributed by atoms with Crippen LogP contribution in [-0.2, 0) is 9.59 Å². The molecule has 0 aliphatic rings. The molecule has 0 saturated heterocycles. The van der Waals surface area contributed by atoms with Gasteiger partial charge in [0, 0.05) is 6.42 Å². The van der Waals surface area contributed by atoms with Crippen LogP contribution >= 0.6 is 34.8 Å². The van der Waals surface area contributed by atoms with Crippen LogP contribution in [0.2, 0.25) is 0 Å². The lowest BCUT2D eigenvalue weighted by atomic mass is 9.83. The molecular weight excluding hydrogens is 379 g/mol. The molecule has 0 aliphatic heterocycles. The number of alkyl halides is 1. The van der Waals surface area contributed by atoms with Crippen molar-refractivity contribution in [3.05, 3.63) is 0 Å². The van der Waals surface area contributed by atoms with Crippen LogP contribution in [0.25, 0.3) is 0 Å². The van der Waals surface area contributed by atoms with Gasteiger partial charge in [-0.25, -0.2) is 0 Å². The standard InChI is InChI=1S/C20H35Cl3O2/c1-19(2,15-16(21)24)13-11-9-7-5-6-8-10-12-14-20(3,4)17(22)18(23)25/h17H,5-15H2,1-4H3. The minimum Gasteiger partial charge on any atom is -0.281 e. The van der Waals surface area contributed by atoms with Crippen molar-refractivity contribution >= 4 is 45.3 Å². The highest BCUT2D eigenvalue weighted by atomic mass is 35.5. The predicted octanol–water partition coefficient (Wildman–Crippen LogP) is 7.47. The Morgan fingerprint density at radius 3 is 1.56 bits per heavy atom. The summed E-state index contributed by atoms with van der Waals surface area (Å²) in [6, 6.07) is 0. The lowest BCUT2D eigenvalue weighted by Gasteiger charge is -2.27. The van der Waals surface area contributed by atoms with E-state index in [2.05, 4.69) is 13.8 Å². The maximum absolute atomic E-state index is 11.2. The van der Waals surface area contributed by atoms with Crippen molar-refractivity contribution in [3.8, 4) is 0 Å². The highest BCUT2D eigenvalue weighted by molar-refractivity contribution is 6.69. The number of carbonyl (C=O) groups excluding carboxylic acids is 2. The molecule has 1 atom stereocenters. The van der Waals surface area contributed by atoms with E-state index in [1.807, 2.05) is 13.8 Å².